The minimum Gasteiger partial charge on any atom is -0.314 e. The van der Waals surface area contributed by atoms with Crippen molar-refractivity contribution in [3.63, 3.8) is 0 Å². The Morgan fingerprint density at radius 1 is 0.789 bits per heavy atom. The Bertz CT molecular complexity index is 220. The highest BCUT2D eigenvalue weighted by Gasteiger charge is 2.18. The quantitative estimate of drug-likeness (QED) is 0.487. The van der Waals surface area contributed by atoms with Gasteiger partial charge in [0.2, 0.25) is 0 Å². The average molecular weight is 265 g/mol. The minimum absolute atomic E-state index is 0.838. The predicted molar refractivity (Wildman–Crippen MR) is 84.5 cm³/mol. The predicted octanol–water partition coefficient (Wildman–Crippen LogP) is 5.30. The molecular formula is C18H35N. The lowest BCUT2D eigenvalue weighted by molar-refractivity contribution is 0.401. The van der Waals surface area contributed by atoms with E-state index in [2.05, 4.69) is 12.2 Å². The summed E-state index contributed by atoms with van der Waals surface area (Å²) in [5.74, 6) is 2.11. The van der Waals surface area contributed by atoms with Gasteiger partial charge in [0.1, 0.15) is 0 Å². The first kappa shape index (κ1) is 15.4. The number of rotatable bonds is 7. The summed E-state index contributed by atoms with van der Waals surface area (Å²) in [5, 5.41) is 3.85. The Kier molecular flexibility index (Phi) is 7.27. The van der Waals surface area contributed by atoms with E-state index in [4.69, 9.17) is 0 Å². The Balaban J connectivity index is 1.53. The fraction of sp³-hybridized carbons (Fsp3) is 1.00. The molecule has 0 amide bonds. The molecule has 0 aromatic heterocycles. The largest absolute Gasteiger partial charge is 0.314 e. The summed E-state index contributed by atoms with van der Waals surface area (Å²) in [7, 11) is 0. The lowest BCUT2D eigenvalue weighted by Crippen LogP contribution is -2.29. The number of nitrogens with one attached hydrogen (secondary N) is 1. The molecule has 0 spiro atoms. The highest BCUT2D eigenvalue weighted by Crippen LogP contribution is 2.29. The lowest BCUT2D eigenvalue weighted by Gasteiger charge is -2.17. The summed E-state index contributed by atoms with van der Waals surface area (Å²) in [6, 6.07) is 0.838. The molecule has 1 N–H and O–H groups in total. The molecule has 2 aliphatic carbocycles. The van der Waals surface area contributed by atoms with Crippen LogP contribution in [0, 0.1) is 11.8 Å². The van der Waals surface area contributed by atoms with Gasteiger partial charge in [-0.15, -0.1) is 0 Å². The normalized spacial score (nSPS) is 29.5. The van der Waals surface area contributed by atoms with Crippen molar-refractivity contribution in [3.05, 3.63) is 0 Å². The second kappa shape index (κ2) is 9.00. The second-order valence-corrected chi connectivity index (χ2v) is 7.11. The van der Waals surface area contributed by atoms with Crippen molar-refractivity contribution in [1.29, 1.82) is 0 Å². The third kappa shape index (κ3) is 5.85. The molecule has 2 atom stereocenters. The van der Waals surface area contributed by atoms with Gasteiger partial charge >= 0.3 is 0 Å². The van der Waals surface area contributed by atoms with Gasteiger partial charge in [-0.1, -0.05) is 58.3 Å². The van der Waals surface area contributed by atoms with Crippen LogP contribution >= 0.6 is 0 Å². The van der Waals surface area contributed by atoms with E-state index in [0.29, 0.717) is 0 Å². The molecular weight excluding hydrogens is 230 g/mol. The van der Waals surface area contributed by atoms with Crippen LogP contribution in [0.15, 0.2) is 0 Å². The van der Waals surface area contributed by atoms with Crippen LogP contribution in [0.4, 0.5) is 0 Å². The van der Waals surface area contributed by atoms with Crippen LogP contribution in [0.25, 0.3) is 0 Å². The molecule has 2 fully saturated rings. The van der Waals surface area contributed by atoms with Crippen molar-refractivity contribution in [1.82, 2.24) is 5.32 Å². The zero-order valence-corrected chi connectivity index (χ0v) is 13.1. The summed E-state index contributed by atoms with van der Waals surface area (Å²) >= 11 is 0. The van der Waals surface area contributed by atoms with E-state index in [9.17, 15) is 0 Å². The molecule has 112 valence electrons. The molecule has 2 aliphatic rings. The Morgan fingerprint density at radius 2 is 1.53 bits per heavy atom. The molecule has 0 aliphatic heterocycles. The molecule has 0 heterocycles. The topological polar surface area (TPSA) is 12.0 Å². The monoisotopic (exact) mass is 265 g/mol. The fourth-order valence-electron chi connectivity index (χ4n) is 4.28. The maximum Gasteiger partial charge on any atom is 0.00671 e. The van der Waals surface area contributed by atoms with Crippen molar-refractivity contribution in [2.24, 2.45) is 11.8 Å². The molecule has 0 radical (unpaired) electrons. The van der Waals surface area contributed by atoms with Gasteiger partial charge in [0, 0.05) is 6.04 Å². The van der Waals surface area contributed by atoms with E-state index in [1.807, 2.05) is 0 Å². The van der Waals surface area contributed by atoms with E-state index >= 15 is 0 Å². The Hall–Kier alpha value is -0.0400. The van der Waals surface area contributed by atoms with Gasteiger partial charge in [0.25, 0.3) is 0 Å². The van der Waals surface area contributed by atoms with E-state index in [1.165, 1.54) is 90.0 Å². The summed E-state index contributed by atoms with van der Waals surface area (Å²) in [6.07, 6.45) is 19.1. The molecule has 2 unspecified atom stereocenters. The van der Waals surface area contributed by atoms with Gasteiger partial charge in [-0.3, -0.25) is 0 Å². The van der Waals surface area contributed by atoms with Crippen molar-refractivity contribution in [2.45, 2.75) is 96.4 Å². The third-order valence-electron chi connectivity index (χ3n) is 5.48. The SMILES string of the molecule is CCCC1CCCC(NCCCC2CCCC2)CC1. The van der Waals surface area contributed by atoms with Crippen molar-refractivity contribution < 1.29 is 0 Å². The van der Waals surface area contributed by atoms with Crippen molar-refractivity contribution in [3.8, 4) is 0 Å². The van der Waals surface area contributed by atoms with E-state index in [1.54, 1.807) is 0 Å². The van der Waals surface area contributed by atoms with Gasteiger partial charge in [-0.2, -0.15) is 0 Å². The van der Waals surface area contributed by atoms with Crippen LogP contribution in [-0.2, 0) is 0 Å². The summed E-state index contributed by atoms with van der Waals surface area (Å²) in [5.41, 5.74) is 0. The van der Waals surface area contributed by atoms with Crippen LogP contribution in [0.5, 0.6) is 0 Å². The van der Waals surface area contributed by atoms with E-state index in [-0.39, 0.29) is 0 Å². The lowest BCUT2D eigenvalue weighted by atomic mass is 9.95. The molecule has 19 heavy (non-hydrogen) atoms. The zero-order chi connectivity index (χ0) is 13.3. The first-order valence-electron chi connectivity index (χ1n) is 9.12. The van der Waals surface area contributed by atoms with Gasteiger partial charge in [-0.05, 0) is 50.5 Å². The van der Waals surface area contributed by atoms with Crippen LogP contribution in [0.2, 0.25) is 0 Å². The molecule has 0 aromatic carbocycles. The van der Waals surface area contributed by atoms with Gasteiger partial charge in [0.15, 0.2) is 0 Å². The fourth-order valence-corrected chi connectivity index (χ4v) is 4.28. The maximum absolute atomic E-state index is 3.85. The summed E-state index contributed by atoms with van der Waals surface area (Å²) < 4.78 is 0. The summed E-state index contributed by atoms with van der Waals surface area (Å²) in [4.78, 5) is 0. The molecule has 0 aromatic rings. The number of hydrogen-bond donors (Lipinski definition) is 1. The van der Waals surface area contributed by atoms with Gasteiger partial charge in [0.05, 0.1) is 0 Å². The average Bonchev–Trinajstić information content (AvgIpc) is 2.83. The molecule has 1 heteroatoms. The van der Waals surface area contributed by atoms with E-state index in [0.717, 1.165) is 17.9 Å². The van der Waals surface area contributed by atoms with Crippen LogP contribution in [-0.4, -0.2) is 12.6 Å². The highest BCUT2D eigenvalue weighted by atomic mass is 14.9. The molecule has 2 saturated carbocycles. The standard InChI is InChI=1S/C18H35N/c1-2-7-16-10-5-12-18(14-13-16)19-15-6-11-17-8-3-4-9-17/h16-19H,2-15H2,1H3. The number of hydrogen-bond acceptors (Lipinski definition) is 1. The first-order valence-corrected chi connectivity index (χ1v) is 9.12. The molecule has 2 rings (SSSR count). The van der Waals surface area contributed by atoms with Crippen LogP contribution < -0.4 is 5.32 Å². The minimum atomic E-state index is 0.838. The zero-order valence-electron chi connectivity index (χ0n) is 13.1. The molecule has 0 bridgehead atoms. The highest BCUT2D eigenvalue weighted by molar-refractivity contribution is 4.75. The smallest absolute Gasteiger partial charge is 0.00671 e. The van der Waals surface area contributed by atoms with E-state index < -0.39 is 0 Å². The first-order chi connectivity index (χ1) is 9.38. The van der Waals surface area contributed by atoms with Crippen LogP contribution in [0.1, 0.15) is 90.4 Å². The van der Waals surface area contributed by atoms with Gasteiger partial charge < -0.3 is 5.32 Å². The van der Waals surface area contributed by atoms with Crippen molar-refractivity contribution >= 4 is 0 Å². The Labute approximate surface area is 120 Å². The second-order valence-electron chi connectivity index (χ2n) is 7.11. The molecule has 1 nitrogen and oxygen atoms in total. The Morgan fingerprint density at radius 3 is 2.32 bits per heavy atom. The maximum atomic E-state index is 3.85. The van der Waals surface area contributed by atoms with Crippen molar-refractivity contribution in [2.75, 3.05) is 6.54 Å². The third-order valence-corrected chi connectivity index (χ3v) is 5.48. The summed E-state index contributed by atoms with van der Waals surface area (Å²) in [6.45, 7) is 3.61. The molecule has 0 saturated heterocycles. The van der Waals surface area contributed by atoms with Gasteiger partial charge in [-0.25, -0.2) is 0 Å². The van der Waals surface area contributed by atoms with Crippen LogP contribution in [0.3, 0.4) is 0 Å².